The van der Waals surface area contributed by atoms with E-state index in [0.29, 0.717) is 5.56 Å². The van der Waals surface area contributed by atoms with Crippen LogP contribution in [0.25, 0.3) is 10.2 Å². The first-order valence-corrected chi connectivity index (χ1v) is 6.34. The summed E-state index contributed by atoms with van der Waals surface area (Å²) >= 11 is 1.60. The monoisotopic (exact) mass is 261 g/mol. The van der Waals surface area contributed by atoms with E-state index in [1.165, 1.54) is 7.11 Å². The molecule has 2 aromatic rings. The molecular formula is C12H11N3O2S. The normalized spacial score (nSPS) is 14.4. The first-order chi connectivity index (χ1) is 8.78. The lowest BCUT2D eigenvalue weighted by molar-refractivity contribution is 0.0600. The third-order valence-electron chi connectivity index (χ3n) is 2.75. The number of hydrogen-bond donors (Lipinski definition) is 0. The molecule has 0 N–H and O–H groups in total. The number of carbonyl (C=O) groups is 1. The molecule has 5 nitrogen and oxygen atoms in total. The molecule has 0 saturated carbocycles. The van der Waals surface area contributed by atoms with E-state index in [9.17, 15) is 4.79 Å². The van der Waals surface area contributed by atoms with Gasteiger partial charge in [0, 0.05) is 12.7 Å². The molecule has 0 aliphatic carbocycles. The van der Waals surface area contributed by atoms with Crippen molar-refractivity contribution in [3.05, 3.63) is 23.9 Å². The Morgan fingerprint density at radius 2 is 2.39 bits per heavy atom. The summed E-state index contributed by atoms with van der Waals surface area (Å²) in [5, 5.41) is 1.10. The van der Waals surface area contributed by atoms with E-state index in [1.807, 2.05) is 18.5 Å². The smallest absolute Gasteiger partial charge is 0.339 e. The van der Waals surface area contributed by atoms with Crippen LogP contribution >= 0.6 is 11.3 Å². The molecule has 1 aliphatic heterocycles. The van der Waals surface area contributed by atoms with Crippen molar-refractivity contribution in [3.8, 4) is 0 Å². The van der Waals surface area contributed by atoms with Crippen molar-refractivity contribution in [2.24, 2.45) is 4.99 Å². The third-order valence-corrected chi connectivity index (χ3v) is 3.86. The maximum Gasteiger partial charge on any atom is 0.339 e. The summed E-state index contributed by atoms with van der Waals surface area (Å²) in [7, 11) is 1.37. The molecule has 0 amide bonds. The van der Waals surface area contributed by atoms with Gasteiger partial charge in [0.25, 0.3) is 0 Å². The average molecular weight is 261 g/mol. The van der Waals surface area contributed by atoms with Crippen molar-refractivity contribution in [2.45, 2.75) is 0 Å². The second-order valence-corrected chi connectivity index (χ2v) is 4.96. The van der Waals surface area contributed by atoms with Gasteiger partial charge in [-0.05, 0) is 12.1 Å². The standard InChI is InChI=1S/C12H11N3O2S/c1-17-12(16)8-4-10-9(14-6-8)5-11(18-10)15-3-2-13-7-15/h4-7H,2-3H2,1H3. The number of methoxy groups -OCH3 is 1. The molecule has 92 valence electrons. The maximum atomic E-state index is 11.4. The number of rotatable bonds is 2. The number of fused-ring (bicyclic) bond motifs is 1. The number of carbonyl (C=O) groups excluding carboxylic acids is 1. The molecule has 6 heteroatoms. The maximum absolute atomic E-state index is 11.4. The van der Waals surface area contributed by atoms with Gasteiger partial charge in [0.15, 0.2) is 0 Å². The number of pyridine rings is 1. The molecule has 1 aliphatic rings. The SMILES string of the molecule is COC(=O)c1cnc2cc(N3C=NCC3)sc2c1. The summed E-state index contributed by atoms with van der Waals surface area (Å²) in [6.07, 6.45) is 3.38. The van der Waals surface area contributed by atoms with Crippen LogP contribution in [0.15, 0.2) is 23.3 Å². The van der Waals surface area contributed by atoms with E-state index in [1.54, 1.807) is 17.5 Å². The van der Waals surface area contributed by atoms with Crippen LogP contribution in [0.4, 0.5) is 5.00 Å². The largest absolute Gasteiger partial charge is 0.465 e. The van der Waals surface area contributed by atoms with Crippen LogP contribution in [0.3, 0.4) is 0 Å². The number of aliphatic imine (C=N–C) groups is 1. The second-order valence-electron chi connectivity index (χ2n) is 3.90. The minimum atomic E-state index is -0.359. The van der Waals surface area contributed by atoms with Gasteiger partial charge in [0.1, 0.15) is 0 Å². The van der Waals surface area contributed by atoms with Crippen molar-refractivity contribution in [1.82, 2.24) is 4.98 Å². The van der Waals surface area contributed by atoms with Crippen molar-refractivity contribution < 1.29 is 9.53 Å². The van der Waals surface area contributed by atoms with Crippen LogP contribution in [0, 0.1) is 0 Å². The highest BCUT2D eigenvalue weighted by molar-refractivity contribution is 7.22. The van der Waals surface area contributed by atoms with E-state index in [0.717, 1.165) is 28.3 Å². The van der Waals surface area contributed by atoms with E-state index in [2.05, 4.69) is 19.6 Å². The van der Waals surface area contributed by atoms with Gasteiger partial charge >= 0.3 is 5.97 Å². The second kappa shape index (κ2) is 4.38. The Bertz CT molecular complexity index is 635. The van der Waals surface area contributed by atoms with E-state index >= 15 is 0 Å². The van der Waals surface area contributed by atoms with Crippen LogP contribution in [0.2, 0.25) is 0 Å². The van der Waals surface area contributed by atoms with Crippen molar-refractivity contribution in [3.63, 3.8) is 0 Å². The fourth-order valence-electron chi connectivity index (χ4n) is 1.82. The predicted molar refractivity (Wildman–Crippen MR) is 71.7 cm³/mol. The van der Waals surface area contributed by atoms with E-state index in [-0.39, 0.29) is 5.97 Å². The molecule has 0 unspecified atom stereocenters. The summed E-state index contributed by atoms with van der Waals surface area (Å²) in [5.41, 5.74) is 1.37. The minimum absolute atomic E-state index is 0.359. The lowest BCUT2D eigenvalue weighted by Gasteiger charge is -2.08. The zero-order valence-electron chi connectivity index (χ0n) is 9.79. The molecule has 0 spiro atoms. The predicted octanol–water partition coefficient (Wildman–Crippen LogP) is 1.93. The molecule has 0 atom stereocenters. The first kappa shape index (κ1) is 11.2. The summed E-state index contributed by atoms with van der Waals surface area (Å²) in [6, 6.07) is 3.83. The zero-order chi connectivity index (χ0) is 12.5. The third kappa shape index (κ3) is 1.84. The Morgan fingerprint density at radius 1 is 1.50 bits per heavy atom. The van der Waals surface area contributed by atoms with Gasteiger partial charge in [0.2, 0.25) is 0 Å². The lowest BCUT2D eigenvalue weighted by Crippen LogP contribution is -2.16. The fraction of sp³-hybridized carbons (Fsp3) is 0.250. The Labute approximate surface area is 108 Å². The molecular weight excluding hydrogens is 250 g/mol. The van der Waals surface area contributed by atoms with E-state index in [4.69, 9.17) is 0 Å². The Hall–Kier alpha value is -1.95. The number of esters is 1. The zero-order valence-corrected chi connectivity index (χ0v) is 10.6. The van der Waals surface area contributed by atoms with Crippen LogP contribution in [-0.2, 0) is 4.74 Å². The molecule has 3 heterocycles. The summed E-state index contributed by atoms with van der Waals surface area (Å²) in [6.45, 7) is 1.73. The summed E-state index contributed by atoms with van der Waals surface area (Å²) in [5.74, 6) is -0.359. The number of thiophene rings is 1. The van der Waals surface area contributed by atoms with Crippen LogP contribution in [0.1, 0.15) is 10.4 Å². The molecule has 0 bridgehead atoms. The lowest BCUT2D eigenvalue weighted by atomic mass is 10.3. The van der Waals surface area contributed by atoms with Gasteiger partial charge in [-0.3, -0.25) is 9.98 Å². The first-order valence-electron chi connectivity index (χ1n) is 5.52. The van der Waals surface area contributed by atoms with Gasteiger partial charge in [-0.15, -0.1) is 11.3 Å². The number of anilines is 1. The Balaban J connectivity index is 2.01. The molecule has 3 rings (SSSR count). The topological polar surface area (TPSA) is 54.8 Å². The van der Waals surface area contributed by atoms with E-state index < -0.39 is 0 Å². The van der Waals surface area contributed by atoms with Crippen molar-refractivity contribution in [1.29, 1.82) is 0 Å². The Morgan fingerprint density at radius 3 is 3.11 bits per heavy atom. The quantitative estimate of drug-likeness (QED) is 0.775. The van der Waals surface area contributed by atoms with Crippen molar-refractivity contribution >= 4 is 38.9 Å². The van der Waals surface area contributed by atoms with Crippen LogP contribution < -0.4 is 4.90 Å². The highest BCUT2D eigenvalue weighted by Gasteiger charge is 2.14. The number of aromatic nitrogens is 1. The minimum Gasteiger partial charge on any atom is -0.465 e. The van der Waals surface area contributed by atoms with Crippen LogP contribution in [-0.4, -0.2) is 37.5 Å². The van der Waals surface area contributed by atoms with Gasteiger partial charge < -0.3 is 9.64 Å². The summed E-state index contributed by atoms with van der Waals surface area (Å²) in [4.78, 5) is 22.0. The average Bonchev–Trinajstić information content (AvgIpc) is 3.04. The number of ether oxygens (including phenoxy) is 1. The molecule has 0 saturated heterocycles. The number of nitrogens with zero attached hydrogens (tertiary/aromatic N) is 3. The van der Waals surface area contributed by atoms with Gasteiger partial charge in [0.05, 0.1) is 40.8 Å². The molecule has 2 aromatic heterocycles. The molecule has 0 radical (unpaired) electrons. The number of hydrogen-bond acceptors (Lipinski definition) is 6. The molecule has 0 aromatic carbocycles. The van der Waals surface area contributed by atoms with Gasteiger partial charge in [-0.1, -0.05) is 0 Å². The summed E-state index contributed by atoms with van der Waals surface area (Å²) < 4.78 is 5.67. The molecule has 0 fully saturated rings. The van der Waals surface area contributed by atoms with Gasteiger partial charge in [-0.25, -0.2) is 4.79 Å². The molecule has 18 heavy (non-hydrogen) atoms. The highest BCUT2D eigenvalue weighted by atomic mass is 32.1. The van der Waals surface area contributed by atoms with Crippen LogP contribution in [0.5, 0.6) is 0 Å². The fourth-order valence-corrected chi connectivity index (χ4v) is 2.88. The Kier molecular flexibility index (Phi) is 2.71. The van der Waals surface area contributed by atoms with Gasteiger partial charge in [-0.2, -0.15) is 0 Å². The van der Waals surface area contributed by atoms with Crippen molar-refractivity contribution in [2.75, 3.05) is 25.1 Å². The highest BCUT2D eigenvalue weighted by Crippen LogP contribution is 2.32.